The van der Waals surface area contributed by atoms with Crippen LogP contribution in [0.15, 0.2) is 22.8 Å². The first-order valence-corrected chi connectivity index (χ1v) is 8.73. The van der Waals surface area contributed by atoms with Gasteiger partial charge in [-0.2, -0.15) is 0 Å². The largest absolute Gasteiger partial charge is 0.468 e. The Morgan fingerprint density at radius 1 is 1.19 bits per heavy atom. The molecule has 4 aliphatic carbocycles. The van der Waals surface area contributed by atoms with E-state index in [-0.39, 0.29) is 5.54 Å². The van der Waals surface area contributed by atoms with E-state index in [2.05, 4.69) is 17.9 Å². The number of rotatable bonds is 5. The number of nitrogens with zero attached hydrogens (tertiary/aromatic N) is 1. The maximum Gasteiger partial charge on any atom is 0.117 e. The van der Waals surface area contributed by atoms with E-state index in [1.807, 2.05) is 6.07 Å². The van der Waals surface area contributed by atoms with Crippen molar-refractivity contribution in [1.82, 2.24) is 4.90 Å². The zero-order valence-corrected chi connectivity index (χ0v) is 13.1. The third-order valence-electron chi connectivity index (χ3n) is 6.78. The summed E-state index contributed by atoms with van der Waals surface area (Å²) in [4.78, 5) is 2.65. The predicted octanol–water partition coefficient (Wildman–Crippen LogP) is 3.26. The summed E-state index contributed by atoms with van der Waals surface area (Å²) in [5, 5.41) is 0. The summed E-state index contributed by atoms with van der Waals surface area (Å²) in [6.45, 7) is 5.09. The summed E-state index contributed by atoms with van der Waals surface area (Å²) in [5.41, 5.74) is 6.65. The zero-order valence-electron chi connectivity index (χ0n) is 13.1. The van der Waals surface area contributed by atoms with Crippen molar-refractivity contribution in [2.75, 3.05) is 13.1 Å². The molecule has 21 heavy (non-hydrogen) atoms. The number of hydrogen-bond acceptors (Lipinski definition) is 3. The lowest BCUT2D eigenvalue weighted by atomic mass is 9.48. The fraction of sp³-hybridized carbons (Fsp3) is 0.778. The number of hydrogen-bond donors (Lipinski definition) is 1. The van der Waals surface area contributed by atoms with Crippen LogP contribution >= 0.6 is 0 Å². The lowest BCUT2D eigenvalue weighted by Crippen LogP contribution is -2.69. The molecule has 4 bridgehead atoms. The van der Waals surface area contributed by atoms with E-state index in [1.54, 1.807) is 6.26 Å². The monoisotopic (exact) mass is 288 g/mol. The van der Waals surface area contributed by atoms with E-state index in [0.717, 1.165) is 49.1 Å². The van der Waals surface area contributed by atoms with Gasteiger partial charge in [0.2, 0.25) is 0 Å². The van der Waals surface area contributed by atoms with E-state index in [0.29, 0.717) is 0 Å². The van der Waals surface area contributed by atoms with Crippen LogP contribution in [0, 0.1) is 23.7 Å². The van der Waals surface area contributed by atoms with Gasteiger partial charge in [0.25, 0.3) is 0 Å². The molecule has 116 valence electrons. The third kappa shape index (κ3) is 2.01. The van der Waals surface area contributed by atoms with Crippen LogP contribution in [0.5, 0.6) is 0 Å². The highest BCUT2D eigenvalue weighted by atomic mass is 16.3. The topological polar surface area (TPSA) is 42.4 Å². The van der Waals surface area contributed by atoms with Gasteiger partial charge in [0.05, 0.1) is 12.8 Å². The molecular formula is C18H28N2O. The van der Waals surface area contributed by atoms with Crippen LogP contribution < -0.4 is 5.73 Å². The van der Waals surface area contributed by atoms with Crippen molar-refractivity contribution in [2.45, 2.75) is 51.1 Å². The highest BCUT2D eigenvalue weighted by Crippen LogP contribution is 2.60. The third-order valence-corrected chi connectivity index (χ3v) is 6.78. The summed E-state index contributed by atoms with van der Waals surface area (Å²) in [6, 6.07) is 4.10. The van der Waals surface area contributed by atoms with Gasteiger partial charge in [0.1, 0.15) is 5.76 Å². The SMILES string of the molecule is CCN(Cc1ccco1)C1(CN)C2CC3CC(C2)CC1C3. The number of nitrogens with two attached hydrogens (primary N) is 1. The van der Waals surface area contributed by atoms with Crippen molar-refractivity contribution in [3.63, 3.8) is 0 Å². The van der Waals surface area contributed by atoms with Gasteiger partial charge in [0.15, 0.2) is 0 Å². The van der Waals surface area contributed by atoms with E-state index in [9.17, 15) is 0 Å². The first kappa shape index (κ1) is 13.8. The zero-order chi connectivity index (χ0) is 14.4. The Kier molecular flexibility index (Phi) is 3.38. The van der Waals surface area contributed by atoms with Crippen LogP contribution in [0.25, 0.3) is 0 Å². The maximum absolute atomic E-state index is 6.42. The molecule has 4 aliphatic rings. The predicted molar refractivity (Wildman–Crippen MR) is 83.6 cm³/mol. The van der Waals surface area contributed by atoms with Crippen molar-refractivity contribution in [2.24, 2.45) is 29.4 Å². The van der Waals surface area contributed by atoms with E-state index >= 15 is 0 Å². The van der Waals surface area contributed by atoms with Crippen LogP contribution in [-0.2, 0) is 6.54 Å². The molecule has 0 unspecified atom stereocenters. The Morgan fingerprint density at radius 2 is 1.86 bits per heavy atom. The average Bonchev–Trinajstić information content (AvgIpc) is 2.98. The van der Waals surface area contributed by atoms with Gasteiger partial charge in [0, 0.05) is 12.1 Å². The van der Waals surface area contributed by atoms with Gasteiger partial charge >= 0.3 is 0 Å². The first-order chi connectivity index (χ1) is 10.3. The summed E-state index contributed by atoms with van der Waals surface area (Å²) in [7, 11) is 0. The molecule has 0 spiro atoms. The highest BCUT2D eigenvalue weighted by molar-refractivity contribution is 5.13. The fourth-order valence-electron chi connectivity index (χ4n) is 6.12. The van der Waals surface area contributed by atoms with Gasteiger partial charge in [-0.3, -0.25) is 4.90 Å². The molecule has 3 nitrogen and oxygen atoms in total. The summed E-state index contributed by atoms with van der Waals surface area (Å²) >= 11 is 0. The summed E-state index contributed by atoms with van der Waals surface area (Å²) in [5.74, 6) is 4.70. The fourth-order valence-corrected chi connectivity index (χ4v) is 6.12. The molecule has 1 heterocycles. The van der Waals surface area contributed by atoms with Crippen molar-refractivity contribution >= 4 is 0 Å². The molecule has 1 aromatic heterocycles. The molecule has 0 atom stereocenters. The maximum atomic E-state index is 6.42. The van der Waals surface area contributed by atoms with E-state index in [1.165, 1.54) is 32.1 Å². The van der Waals surface area contributed by atoms with Crippen molar-refractivity contribution < 1.29 is 4.42 Å². The minimum absolute atomic E-state index is 0.231. The Hall–Kier alpha value is -0.800. The van der Waals surface area contributed by atoms with E-state index < -0.39 is 0 Å². The van der Waals surface area contributed by atoms with Crippen LogP contribution in [0.1, 0.15) is 44.8 Å². The Balaban J connectivity index is 1.65. The molecule has 3 heteroatoms. The molecule has 4 fully saturated rings. The second kappa shape index (κ2) is 5.13. The molecule has 0 aromatic carbocycles. The van der Waals surface area contributed by atoms with Gasteiger partial charge < -0.3 is 10.2 Å². The molecule has 4 saturated carbocycles. The number of furan rings is 1. The average molecular weight is 288 g/mol. The Labute approximate surface area is 127 Å². The molecule has 1 aromatic rings. The highest BCUT2D eigenvalue weighted by Gasteiger charge is 2.58. The molecule has 5 rings (SSSR count). The van der Waals surface area contributed by atoms with Gasteiger partial charge in [-0.15, -0.1) is 0 Å². The minimum Gasteiger partial charge on any atom is -0.468 e. The lowest BCUT2D eigenvalue weighted by Gasteiger charge is -2.64. The van der Waals surface area contributed by atoms with Gasteiger partial charge in [-0.1, -0.05) is 6.92 Å². The van der Waals surface area contributed by atoms with Crippen LogP contribution in [-0.4, -0.2) is 23.5 Å². The second-order valence-electron chi connectivity index (χ2n) is 7.59. The Morgan fingerprint density at radius 3 is 2.33 bits per heavy atom. The number of likely N-dealkylation sites (N-methyl/N-ethyl adjacent to an activating group) is 1. The normalized spacial score (nSPS) is 41.1. The molecule has 0 amide bonds. The quantitative estimate of drug-likeness (QED) is 0.904. The summed E-state index contributed by atoms with van der Waals surface area (Å²) < 4.78 is 5.62. The molecule has 0 aliphatic heterocycles. The molecule has 2 N–H and O–H groups in total. The van der Waals surface area contributed by atoms with Gasteiger partial charge in [-0.25, -0.2) is 0 Å². The van der Waals surface area contributed by atoms with Crippen LogP contribution in [0.3, 0.4) is 0 Å². The minimum atomic E-state index is 0.231. The Bertz CT molecular complexity index is 453. The molecule has 0 radical (unpaired) electrons. The molecule has 0 saturated heterocycles. The first-order valence-electron chi connectivity index (χ1n) is 8.73. The van der Waals surface area contributed by atoms with Gasteiger partial charge in [-0.05, 0) is 74.5 Å². The molecular weight excluding hydrogens is 260 g/mol. The van der Waals surface area contributed by atoms with E-state index in [4.69, 9.17) is 10.2 Å². The lowest BCUT2D eigenvalue weighted by molar-refractivity contribution is -0.134. The van der Waals surface area contributed by atoms with Crippen molar-refractivity contribution in [3.8, 4) is 0 Å². The van der Waals surface area contributed by atoms with Crippen LogP contribution in [0.4, 0.5) is 0 Å². The summed E-state index contributed by atoms with van der Waals surface area (Å²) in [6.07, 6.45) is 8.95. The standard InChI is InChI=1S/C18H28N2O/c1-2-20(11-17-4-3-5-21-17)18(12-19)15-7-13-6-14(9-15)10-16(18)8-13/h3-5,13-16H,2,6-12,19H2,1H3. The second-order valence-corrected chi connectivity index (χ2v) is 7.59. The van der Waals surface area contributed by atoms with Crippen molar-refractivity contribution in [1.29, 1.82) is 0 Å². The van der Waals surface area contributed by atoms with Crippen LogP contribution in [0.2, 0.25) is 0 Å². The smallest absolute Gasteiger partial charge is 0.117 e. The van der Waals surface area contributed by atoms with Crippen molar-refractivity contribution in [3.05, 3.63) is 24.2 Å².